The van der Waals surface area contributed by atoms with Crippen LogP contribution in [0.4, 0.5) is 0 Å². The van der Waals surface area contributed by atoms with Gasteiger partial charge in [-0.15, -0.1) is 0 Å². The summed E-state index contributed by atoms with van der Waals surface area (Å²) in [6.45, 7) is 0.168. The minimum atomic E-state index is -0.696. The fraction of sp³-hybridized carbons (Fsp3) is 0.462. The average molecular weight is 263 g/mol. The number of nitro groups is 1. The highest BCUT2D eigenvalue weighted by Crippen LogP contribution is 2.39. The number of fused-ring (bicyclic) bond motifs is 1. The zero-order valence-electron chi connectivity index (χ0n) is 10.2. The molecule has 1 aliphatic carbocycles. The Kier molecular flexibility index (Phi) is 2.85. The first kappa shape index (κ1) is 12.0. The van der Waals surface area contributed by atoms with Crippen LogP contribution in [0.5, 0.6) is 11.5 Å². The Hall–Kier alpha value is -2.11. The molecule has 1 fully saturated rings. The second-order valence-corrected chi connectivity index (χ2v) is 4.85. The van der Waals surface area contributed by atoms with E-state index in [0.717, 1.165) is 5.56 Å². The van der Waals surface area contributed by atoms with Gasteiger partial charge in [0.1, 0.15) is 5.78 Å². The largest absolute Gasteiger partial charge is 0.454 e. The molecule has 2 unspecified atom stereocenters. The zero-order chi connectivity index (χ0) is 13.4. The van der Waals surface area contributed by atoms with Crippen molar-refractivity contribution in [2.75, 3.05) is 6.79 Å². The molecule has 1 aromatic rings. The van der Waals surface area contributed by atoms with E-state index in [9.17, 15) is 14.9 Å². The van der Waals surface area contributed by atoms with Crippen molar-refractivity contribution in [2.24, 2.45) is 0 Å². The molecule has 19 heavy (non-hydrogen) atoms. The number of rotatable bonds is 2. The van der Waals surface area contributed by atoms with Gasteiger partial charge in [0.25, 0.3) is 0 Å². The van der Waals surface area contributed by atoms with Crippen LogP contribution in [0.1, 0.15) is 30.7 Å². The van der Waals surface area contributed by atoms with Gasteiger partial charge in [-0.25, -0.2) is 0 Å². The van der Waals surface area contributed by atoms with E-state index in [1.54, 1.807) is 18.2 Å². The van der Waals surface area contributed by atoms with Crippen molar-refractivity contribution >= 4 is 5.78 Å². The number of carbonyl (C=O) groups is 1. The van der Waals surface area contributed by atoms with E-state index in [0.29, 0.717) is 24.3 Å². The average Bonchev–Trinajstić information content (AvgIpc) is 2.85. The Morgan fingerprint density at radius 1 is 1.26 bits per heavy atom. The molecule has 0 amide bonds. The fourth-order valence-corrected chi connectivity index (χ4v) is 2.73. The number of Topliss-reactive ketones (excluding diaryl/α,β-unsaturated/α-hetero) is 1. The maximum atomic E-state index is 11.6. The van der Waals surface area contributed by atoms with Crippen LogP contribution >= 0.6 is 0 Å². The summed E-state index contributed by atoms with van der Waals surface area (Å²) in [6, 6.07) is 4.58. The molecule has 1 aliphatic heterocycles. The monoisotopic (exact) mass is 263 g/mol. The molecule has 0 spiro atoms. The molecule has 0 aromatic heterocycles. The summed E-state index contributed by atoms with van der Waals surface area (Å²) >= 11 is 0. The van der Waals surface area contributed by atoms with E-state index >= 15 is 0 Å². The number of nitrogens with zero attached hydrogens (tertiary/aromatic N) is 1. The van der Waals surface area contributed by atoms with Gasteiger partial charge in [0.2, 0.25) is 12.8 Å². The highest BCUT2D eigenvalue weighted by Gasteiger charge is 2.38. The molecule has 1 saturated carbocycles. The predicted molar refractivity (Wildman–Crippen MR) is 64.9 cm³/mol. The third-order valence-corrected chi connectivity index (χ3v) is 3.73. The van der Waals surface area contributed by atoms with E-state index in [2.05, 4.69) is 0 Å². The van der Waals surface area contributed by atoms with Crippen LogP contribution in [-0.2, 0) is 4.79 Å². The van der Waals surface area contributed by atoms with Crippen LogP contribution in [0.3, 0.4) is 0 Å². The molecule has 2 aliphatic rings. The smallest absolute Gasteiger partial charge is 0.231 e. The Bertz CT molecular complexity index is 542. The molecule has 1 heterocycles. The minimum absolute atomic E-state index is 0.0840. The van der Waals surface area contributed by atoms with E-state index in [1.807, 2.05) is 0 Å². The molecule has 0 saturated heterocycles. The molecule has 2 atom stereocenters. The van der Waals surface area contributed by atoms with Crippen LogP contribution in [-0.4, -0.2) is 23.5 Å². The molecule has 6 nitrogen and oxygen atoms in total. The number of hydrogen-bond donors (Lipinski definition) is 0. The van der Waals surface area contributed by atoms with Gasteiger partial charge in [-0.05, 0) is 17.7 Å². The van der Waals surface area contributed by atoms with Crippen molar-refractivity contribution in [2.45, 2.75) is 31.2 Å². The number of ketones is 1. The highest BCUT2D eigenvalue weighted by molar-refractivity contribution is 5.80. The van der Waals surface area contributed by atoms with Gasteiger partial charge in [0, 0.05) is 24.2 Å². The third-order valence-electron chi connectivity index (χ3n) is 3.73. The first-order valence-corrected chi connectivity index (χ1v) is 6.20. The number of ether oxygens (including phenoxy) is 2. The second kappa shape index (κ2) is 4.53. The van der Waals surface area contributed by atoms with Crippen molar-refractivity contribution in [3.63, 3.8) is 0 Å². The molecule has 0 N–H and O–H groups in total. The van der Waals surface area contributed by atoms with Gasteiger partial charge in [0.05, 0.1) is 5.92 Å². The highest BCUT2D eigenvalue weighted by atomic mass is 16.7. The van der Waals surface area contributed by atoms with Gasteiger partial charge < -0.3 is 9.47 Å². The van der Waals surface area contributed by atoms with Crippen molar-refractivity contribution in [1.82, 2.24) is 0 Å². The van der Waals surface area contributed by atoms with E-state index in [-0.39, 0.29) is 29.8 Å². The maximum Gasteiger partial charge on any atom is 0.231 e. The first-order chi connectivity index (χ1) is 9.15. The van der Waals surface area contributed by atoms with E-state index in [4.69, 9.17) is 9.47 Å². The zero-order valence-corrected chi connectivity index (χ0v) is 10.2. The maximum absolute atomic E-state index is 11.6. The Balaban J connectivity index is 1.93. The number of benzene rings is 1. The Morgan fingerprint density at radius 2 is 2.05 bits per heavy atom. The van der Waals surface area contributed by atoms with Gasteiger partial charge in [-0.3, -0.25) is 14.9 Å². The minimum Gasteiger partial charge on any atom is -0.454 e. The van der Waals surface area contributed by atoms with Gasteiger partial charge >= 0.3 is 0 Å². The van der Waals surface area contributed by atoms with Gasteiger partial charge in [0.15, 0.2) is 11.5 Å². The Morgan fingerprint density at radius 3 is 2.84 bits per heavy atom. The summed E-state index contributed by atoms with van der Waals surface area (Å²) in [5.74, 6) is 0.952. The van der Waals surface area contributed by atoms with Crippen LogP contribution in [0.2, 0.25) is 0 Å². The third kappa shape index (κ3) is 2.14. The molecule has 1 aromatic carbocycles. The van der Waals surface area contributed by atoms with Crippen molar-refractivity contribution < 1.29 is 19.2 Å². The van der Waals surface area contributed by atoms with Crippen LogP contribution in [0.25, 0.3) is 0 Å². The summed E-state index contributed by atoms with van der Waals surface area (Å²) in [5.41, 5.74) is 0.777. The van der Waals surface area contributed by atoms with Crippen LogP contribution < -0.4 is 9.47 Å². The van der Waals surface area contributed by atoms with Crippen LogP contribution in [0.15, 0.2) is 18.2 Å². The summed E-state index contributed by atoms with van der Waals surface area (Å²) < 4.78 is 10.5. The molecule has 0 bridgehead atoms. The van der Waals surface area contributed by atoms with Gasteiger partial charge in [-0.1, -0.05) is 6.07 Å². The van der Waals surface area contributed by atoms with Crippen molar-refractivity contribution in [3.8, 4) is 11.5 Å². The first-order valence-electron chi connectivity index (χ1n) is 6.20. The topological polar surface area (TPSA) is 78.7 Å². The lowest BCUT2D eigenvalue weighted by molar-refractivity contribution is -0.528. The lowest BCUT2D eigenvalue weighted by Crippen LogP contribution is -2.33. The molecule has 3 rings (SSSR count). The van der Waals surface area contributed by atoms with E-state index < -0.39 is 6.04 Å². The summed E-state index contributed by atoms with van der Waals surface area (Å²) in [6.07, 6.45) is 0.836. The number of carbonyl (C=O) groups excluding carboxylic acids is 1. The van der Waals surface area contributed by atoms with Crippen molar-refractivity contribution in [1.29, 1.82) is 0 Å². The standard InChI is InChI=1S/C13H13NO5/c15-9-2-3-11(14(16)17)10(6-9)8-1-4-12-13(5-8)19-7-18-12/h1,4-5,10-11H,2-3,6-7H2. The normalized spacial score (nSPS) is 25.4. The van der Waals surface area contributed by atoms with E-state index in [1.165, 1.54) is 0 Å². The lowest BCUT2D eigenvalue weighted by atomic mass is 9.79. The molecule has 0 radical (unpaired) electrons. The molecule has 6 heteroatoms. The molecular weight excluding hydrogens is 250 g/mol. The Labute approximate surface area is 109 Å². The quantitative estimate of drug-likeness (QED) is 0.601. The van der Waals surface area contributed by atoms with Crippen LogP contribution in [0, 0.1) is 10.1 Å². The second-order valence-electron chi connectivity index (χ2n) is 4.85. The molecule has 100 valence electrons. The predicted octanol–water partition coefficient (Wildman–Crippen LogP) is 1.90. The van der Waals surface area contributed by atoms with Crippen molar-refractivity contribution in [3.05, 3.63) is 33.9 Å². The fourth-order valence-electron chi connectivity index (χ4n) is 2.73. The number of hydrogen-bond acceptors (Lipinski definition) is 5. The lowest BCUT2D eigenvalue weighted by Gasteiger charge is -2.25. The summed E-state index contributed by atoms with van der Waals surface area (Å²) in [7, 11) is 0. The SMILES string of the molecule is O=C1CCC([N+](=O)[O-])C(c2ccc3c(c2)OCO3)C1. The summed E-state index contributed by atoms with van der Waals surface area (Å²) in [4.78, 5) is 22.4. The van der Waals surface area contributed by atoms with Gasteiger partial charge in [-0.2, -0.15) is 0 Å². The molecular formula is C13H13NO5. The summed E-state index contributed by atoms with van der Waals surface area (Å²) in [5, 5.41) is 11.1.